The van der Waals surface area contributed by atoms with Crippen LogP contribution >= 0.6 is 11.6 Å². The molecule has 146 valence electrons. The summed E-state index contributed by atoms with van der Waals surface area (Å²) >= 11 is 6.12. The van der Waals surface area contributed by atoms with Crippen LogP contribution < -0.4 is 10.1 Å². The van der Waals surface area contributed by atoms with E-state index in [1.807, 2.05) is 19.9 Å². The Morgan fingerprint density at radius 2 is 1.89 bits per heavy atom. The number of sulfonamides is 1. The Morgan fingerprint density at radius 1 is 1.19 bits per heavy atom. The normalized spacial score (nSPS) is 11.5. The first kappa shape index (κ1) is 21.2. The zero-order valence-corrected chi connectivity index (χ0v) is 17.3. The maximum absolute atomic E-state index is 12.7. The minimum atomic E-state index is -3.67. The summed E-state index contributed by atoms with van der Waals surface area (Å²) in [6.45, 7) is 4.49. The third-order valence-corrected chi connectivity index (χ3v) is 6.02. The van der Waals surface area contributed by atoms with Gasteiger partial charge in [0.2, 0.25) is 10.0 Å². The van der Waals surface area contributed by atoms with Crippen molar-refractivity contribution >= 4 is 33.2 Å². The molecule has 0 fully saturated rings. The maximum Gasteiger partial charge on any atom is 0.257 e. The number of carbonyl (C=O) groups is 1. The average molecular weight is 411 g/mol. The number of carbonyl (C=O) groups excluding carboxylic acids is 1. The van der Waals surface area contributed by atoms with Crippen molar-refractivity contribution in [3.05, 3.63) is 52.5 Å². The van der Waals surface area contributed by atoms with Gasteiger partial charge in [-0.2, -0.15) is 0 Å². The van der Waals surface area contributed by atoms with E-state index < -0.39 is 15.9 Å². The first-order valence-electron chi connectivity index (χ1n) is 8.43. The van der Waals surface area contributed by atoms with Gasteiger partial charge in [0, 0.05) is 19.8 Å². The summed E-state index contributed by atoms with van der Waals surface area (Å²) in [5.41, 5.74) is 1.51. The van der Waals surface area contributed by atoms with Crippen molar-refractivity contribution in [2.75, 3.05) is 26.0 Å². The molecule has 2 aromatic carbocycles. The second-order valence-electron chi connectivity index (χ2n) is 6.21. The summed E-state index contributed by atoms with van der Waals surface area (Å²) < 4.78 is 31.2. The number of ether oxygens (including phenoxy) is 1. The summed E-state index contributed by atoms with van der Waals surface area (Å²) in [7, 11) is -0.815. The molecule has 0 aliphatic rings. The van der Waals surface area contributed by atoms with Gasteiger partial charge in [0.1, 0.15) is 5.75 Å². The van der Waals surface area contributed by atoms with Crippen molar-refractivity contribution in [2.45, 2.75) is 25.2 Å². The zero-order chi connectivity index (χ0) is 20.2. The van der Waals surface area contributed by atoms with Crippen LogP contribution in [0.15, 0.2) is 41.3 Å². The Bertz CT molecular complexity index is 943. The molecule has 0 heterocycles. The lowest BCUT2D eigenvalue weighted by atomic mass is 10.1. The van der Waals surface area contributed by atoms with Crippen LogP contribution in [0.2, 0.25) is 5.02 Å². The van der Waals surface area contributed by atoms with Crippen LogP contribution in [0, 0.1) is 6.92 Å². The predicted octanol–water partition coefficient (Wildman–Crippen LogP) is 3.94. The van der Waals surface area contributed by atoms with Crippen molar-refractivity contribution in [3.63, 3.8) is 0 Å². The highest BCUT2D eigenvalue weighted by atomic mass is 35.5. The maximum atomic E-state index is 12.7. The molecule has 8 heteroatoms. The molecule has 0 aliphatic carbocycles. The van der Waals surface area contributed by atoms with Crippen molar-refractivity contribution < 1.29 is 17.9 Å². The molecule has 0 saturated heterocycles. The first-order chi connectivity index (χ1) is 12.7. The fraction of sp³-hybridized carbons (Fsp3) is 0.316. The fourth-order valence-electron chi connectivity index (χ4n) is 2.33. The molecule has 0 aromatic heterocycles. The van der Waals surface area contributed by atoms with Crippen molar-refractivity contribution in [2.24, 2.45) is 0 Å². The number of amides is 1. The van der Waals surface area contributed by atoms with Crippen LogP contribution in [0.25, 0.3) is 0 Å². The van der Waals surface area contributed by atoms with Crippen molar-refractivity contribution in [1.29, 1.82) is 0 Å². The molecule has 0 atom stereocenters. The Morgan fingerprint density at radius 3 is 2.48 bits per heavy atom. The lowest BCUT2D eigenvalue weighted by Gasteiger charge is -2.14. The van der Waals surface area contributed by atoms with Crippen molar-refractivity contribution in [3.8, 4) is 5.75 Å². The van der Waals surface area contributed by atoms with Gasteiger partial charge in [-0.3, -0.25) is 4.79 Å². The number of halogens is 1. The van der Waals surface area contributed by atoms with Crippen LogP contribution in [0.1, 0.15) is 29.3 Å². The minimum Gasteiger partial charge on any atom is -0.494 e. The number of hydrogen-bond donors (Lipinski definition) is 1. The molecule has 0 aliphatic heterocycles. The molecular formula is C19H23ClN2O4S. The van der Waals surface area contributed by atoms with E-state index in [9.17, 15) is 13.2 Å². The third-order valence-electron chi connectivity index (χ3n) is 3.88. The molecule has 2 rings (SSSR count). The molecule has 27 heavy (non-hydrogen) atoms. The summed E-state index contributed by atoms with van der Waals surface area (Å²) in [5, 5.41) is 2.94. The highest BCUT2D eigenvalue weighted by Crippen LogP contribution is 2.25. The minimum absolute atomic E-state index is 0.00193. The average Bonchev–Trinajstić information content (AvgIpc) is 2.61. The summed E-state index contributed by atoms with van der Waals surface area (Å²) in [5.74, 6) is 0.241. The second kappa shape index (κ2) is 8.73. The molecule has 1 N–H and O–H groups in total. The van der Waals surface area contributed by atoms with Gasteiger partial charge < -0.3 is 10.1 Å². The number of nitrogens with one attached hydrogen (secondary N) is 1. The Labute approximate surface area is 165 Å². The summed E-state index contributed by atoms with van der Waals surface area (Å²) in [4.78, 5) is 12.7. The molecule has 0 bridgehead atoms. The molecule has 0 saturated carbocycles. The lowest BCUT2D eigenvalue weighted by Crippen LogP contribution is -2.23. The van der Waals surface area contributed by atoms with E-state index in [1.54, 1.807) is 12.1 Å². The number of rotatable bonds is 7. The van der Waals surface area contributed by atoms with E-state index in [1.165, 1.54) is 32.3 Å². The van der Waals surface area contributed by atoms with Gasteiger partial charge in [-0.25, -0.2) is 12.7 Å². The molecule has 6 nitrogen and oxygen atoms in total. The first-order valence-corrected chi connectivity index (χ1v) is 10.3. The molecule has 2 aromatic rings. The highest BCUT2D eigenvalue weighted by Gasteiger charge is 2.21. The second-order valence-corrected chi connectivity index (χ2v) is 8.77. The predicted molar refractivity (Wildman–Crippen MR) is 107 cm³/mol. The van der Waals surface area contributed by atoms with Crippen LogP contribution in [-0.2, 0) is 10.0 Å². The van der Waals surface area contributed by atoms with Gasteiger partial charge in [0.05, 0.1) is 22.1 Å². The zero-order valence-electron chi connectivity index (χ0n) is 15.7. The van der Waals surface area contributed by atoms with Crippen LogP contribution in [0.3, 0.4) is 0 Å². The SMILES string of the molecule is CCCOc1ccc(NC(=O)c2cc(S(=O)(=O)N(C)C)ccc2Cl)c(C)c1. The number of hydrogen-bond acceptors (Lipinski definition) is 4. The van der Waals surface area contributed by atoms with E-state index in [4.69, 9.17) is 16.3 Å². The Balaban J connectivity index is 2.28. The quantitative estimate of drug-likeness (QED) is 0.750. The van der Waals surface area contributed by atoms with Crippen LogP contribution in [-0.4, -0.2) is 39.3 Å². The standard InChI is InChI=1S/C19H23ClN2O4S/c1-5-10-26-14-6-9-18(13(2)11-14)21-19(23)16-12-15(7-8-17(16)20)27(24,25)22(3)4/h6-9,11-12H,5,10H2,1-4H3,(H,21,23). The topological polar surface area (TPSA) is 75.7 Å². The summed E-state index contributed by atoms with van der Waals surface area (Å²) in [6, 6.07) is 9.40. The van der Waals surface area contributed by atoms with Crippen LogP contribution in [0.5, 0.6) is 5.75 Å². The fourth-order valence-corrected chi connectivity index (χ4v) is 3.46. The smallest absolute Gasteiger partial charge is 0.257 e. The van der Waals surface area contributed by atoms with E-state index >= 15 is 0 Å². The number of anilines is 1. The Hall–Kier alpha value is -2.09. The number of nitrogens with zero attached hydrogens (tertiary/aromatic N) is 1. The summed E-state index contributed by atoms with van der Waals surface area (Å²) in [6.07, 6.45) is 0.905. The van der Waals surface area contributed by atoms with E-state index in [-0.39, 0.29) is 15.5 Å². The van der Waals surface area contributed by atoms with E-state index in [0.717, 1.165) is 22.0 Å². The van der Waals surface area contributed by atoms with E-state index in [2.05, 4.69) is 5.32 Å². The molecule has 1 amide bonds. The van der Waals surface area contributed by atoms with Gasteiger partial charge in [-0.15, -0.1) is 0 Å². The van der Waals surface area contributed by atoms with Gasteiger partial charge in [-0.05, 0) is 55.3 Å². The lowest BCUT2D eigenvalue weighted by molar-refractivity contribution is 0.102. The molecule has 0 radical (unpaired) electrons. The van der Waals surface area contributed by atoms with Crippen molar-refractivity contribution in [1.82, 2.24) is 4.31 Å². The molecule has 0 spiro atoms. The largest absolute Gasteiger partial charge is 0.494 e. The van der Waals surface area contributed by atoms with Crippen LogP contribution in [0.4, 0.5) is 5.69 Å². The van der Waals surface area contributed by atoms with Gasteiger partial charge in [-0.1, -0.05) is 18.5 Å². The monoisotopic (exact) mass is 410 g/mol. The molecular weight excluding hydrogens is 388 g/mol. The molecule has 0 unspecified atom stereocenters. The van der Waals surface area contributed by atoms with Gasteiger partial charge >= 0.3 is 0 Å². The number of aryl methyl sites for hydroxylation is 1. The Kier molecular flexibility index (Phi) is 6.86. The van der Waals surface area contributed by atoms with Gasteiger partial charge in [0.15, 0.2) is 0 Å². The highest BCUT2D eigenvalue weighted by molar-refractivity contribution is 7.89. The third kappa shape index (κ3) is 5.00. The van der Waals surface area contributed by atoms with Gasteiger partial charge in [0.25, 0.3) is 5.91 Å². The number of benzene rings is 2. The van der Waals surface area contributed by atoms with E-state index in [0.29, 0.717) is 12.3 Å².